The van der Waals surface area contributed by atoms with Crippen molar-refractivity contribution < 1.29 is 0 Å². The van der Waals surface area contributed by atoms with Crippen molar-refractivity contribution in [2.45, 2.75) is 33.2 Å². The van der Waals surface area contributed by atoms with Gasteiger partial charge in [0.15, 0.2) is 0 Å². The summed E-state index contributed by atoms with van der Waals surface area (Å²) < 4.78 is 0. The number of allylic oxidation sites excluding steroid dienone is 1. The van der Waals surface area contributed by atoms with Crippen molar-refractivity contribution in [1.29, 1.82) is 0 Å². The van der Waals surface area contributed by atoms with Crippen molar-refractivity contribution in [1.82, 2.24) is 5.32 Å². The van der Waals surface area contributed by atoms with Crippen LogP contribution in [0.3, 0.4) is 0 Å². The number of hydrogen-bond donors (Lipinski definition) is 1. The average Bonchev–Trinajstić information content (AvgIpc) is 2.86. The maximum atomic E-state index is 4.56. The zero-order valence-electron chi connectivity index (χ0n) is 12.7. The van der Waals surface area contributed by atoms with Crippen LogP contribution in [0.5, 0.6) is 0 Å². The first-order valence-electron chi connectivity index (χ1n) is 7.34. The standard InChI is InChI=1S/C18H20N2S/c1-4-16-17(14-8-6-5-7-9-14)18(20-11-19-16)15-10-12(2)21-13(15)3/h5-11,18H,4H2,1-3H3,(H,19,20). The normalized spacial score (nSPS) is 18.0. The average molecular weight is 296 g/mol. The van der Waals surface area contributed by atoms with Crippen LogP contribution in [0.2, 0.25) is 0 Å². The Morgan fingerprint density at radius 2 is 1.95 bits per heavy atom. The van der Waals surface area contributed by atoms with E-state index in [2.05, 4.69) is 67.5 Å². The molecule has 0 amide bonds. The molecule has 1 aliphatic heterocycles. The van der Waals surface area contributed by atoms with Crippen LogP contribution in [0, 0.1) is 13.8 Å². The number of rotatable bonds is 3. The van der Waals surface area contributed by atoms with Crippen LogP contribution in [0.4, 0.5) is 0 Å². The van der Waals surface area contributed by atoms with E-state index < -0.39 is 0 Å². The van der Waals surface area contributed by atoms with Gasteiger partial charge in [-0.05, 0) is 37.5 Å². The topological polar surface area (TPSA) is 24.4 Å². The third-order valence-electron chi connectivity index (χ3n) is 3.87. The van der Waals surface area contributed by atoms with Crippen molar-refractivity contribution in [3.8, 4) is 0 Å². The van der Waals surface area contributed by atoms with Gasteiger partial charge in [-0.2, -0.15) is 0 Å². The van der Waals surface area contributed by atoms with Crippen LogP contribution < -0.4 is 5.32 Å². The van der Waals surface area contributed by atoms with Gasteiger partial charge in [0.25, 0.3) is 0 Å². The molecule has 1 atom stereocenters. The second-order valence-corrected chi connectivity index (χ2v) is 6.77. The molecule has 0 fully saturated rings. The summed E-state index contributed by atoms with van der Waals surface area (Å²) in [6, 6.07) is 13.1. The maximum absolute atomic E-state index is 4.56. The summed E-state index contributed by atoms with van der Waals surface area (Å²) in [6.07, 6.45) is 2.80. The van der Waals surface area contributed by atoms with Crippen LogP contribution in [-0.4, -0.2) is 6.34 Å². The molecule has 3 heteroatoms. The molecule has 1 N–H and O–H groups in total. The summed E-state index contributed by atoms with van der Waals surface area (Å²) in [5.41, 5.74) is 5.11. The molecule has 1 unspecified atom stereocenters. The van der Waals surface area contributed by atoms with Crippen LogP contribution in [-0.2, 0) is 0 Å². The van der Waals surface area contributed by atoms with Gasteiger partial charge in [0.1, 0.15) is 0 Å². The lowest BCUT2D eigenvalue weighted by atomic mass is 9.90. The van der Waals surface area contributed by atoms with Crippen molar-refractivity contribution in [2.24, 2.45) is 4.99 Å². The number of hydrogen-bond acceptors (Lipinski definition) is 3. The lowest BCUT2D eigenvalue weighted by molar-refractivity contribution is 0.788. The van der Waals surface area contributed by atoms with E-state index in [4.69, 9.17) is 0 Å². The largest absolute Gasteiger partial charge is 0.365 e. The van der Waals surface area contributed by atoms with Crippen LogP contribution in [0.25, 0.3) is 5.57 Å². The van der Waals surface area contributed by atoms with E-state index in [0.29, 0.717) is 0 Å². The van der Waals surface area contributed by atoms with Gasteiger partial charge >= 0.3 is 0 Å². The van der Waals surface area contributed by atoms with E-state index in [1.54, 1.807) is 0 Å². The van der Waals surface area contributed by atoms with Crippen molar-refractivity contribution in [3.63, 3.8) is 0 Å². The van der Waals surface area contributed by atoms with E-state index in [0.717, 1.165) is 6.42 Å². The summed E-state index contributed by atoms with van der Waals surface area (Å²) in [6.45, 7) is 6.54. The minimum Gasteiger partial charge on any atom is -0.365 e. The number of nitrogens with one attached hydrogen (secondary N) is 1. The molecule has 1 aromatic heterocycles. The predicted molar refractivity (Wildman–Crippen MR) is 91.8 cm³/mol. The highest BCUT2D eigenvalue weighted by Crippen LogP contribution is 2.39. The molecule has 0 saturated carbocycles. The fraction of sp³-hybridized carbons (Fsp3) is 0.278. The van der Waals surface area contributed by atoms with E-state index in [1.807, 2.05) is 17.7 Å². The first-order valence-corrected chi connectivity index (χ1v) is 8.16. The molecule has 3 rings (SSSR count). The summed E-state index contributed by atoms with van der Waals surface area (Å²) in [4.78, 5) is 7.30. The Hall–Kier alpha value is -1.87. The zero-order valence-corrected chi connectivity index (χ0v) is 13.5. The zero-order chi connectivity index (χ0) is 14.8. The Labute approximate surface area is 130 Å². The second kappa shape index (κ2) is 5.86. The molecular weight excluding hydrogens is 276 g/mol. The molecule has 2 heterocycles. The van der Waals surface area contributed by atoms with Gasteiger partial charge in [0, 0.05) is 21.0 Å². The third-order valence-corrected chi connectivity index (χ3v) is 4.85. The third kappa shape index (κ3) is 2.66. The van der Waals surface area contributed by atoms with E-state index in [-0.39, 0.29) is 6.04 Å². The van der Waals surface area contributed by atoms with Crippen molar-refractivity contribution in [2.75, 3.05) is 0 Å². The molecule has 0 aliphatic carbocycles. The molecular formula is C18H20N2S. The molecule has 0 bridgehead atoms. The van der Waals surface area contributed by atoms with Gasteiger partial charge in [0.2, 0.25) is 0 Å². The first-order chi connectivity index (χ1) is 10.2. The number of aryl methyl sites for hydroxylation is 2. The Morgan fingerprint density at radius 1 is 1.19 bits per heavy atom. The van der Waals surface area contributed by atoms with E-state index in [1.165, 1.54) is 32.2 Å². The van der Waals surface area contributed by atoms with E-state index in [9.17, 15) is 0 Å². The molecule has 2 nitrogen and oxygen atoms in total. The molecule has 1 aromatic carbocycles. The fourth-order valence-electron chi connectivity index (χ4n) is 2.92. The van der Waals surface area contributed by atoms with Crippen molar-refractivity contribution in [3.05, 3.63) is 63.0 Å². The lowest BCUT2D eigenvalue weighted by Gasteiger charge is -2.26. The summed E-state index contributed by atoms with van der Waals surface area (Å²) >= 11 is 1.86. The Balaban J connectivity index is 2.14. The molecule has 0 spiro atoms. The highest BCUT2D eigenvalue weighted by molar-refractivity contribution is 7.12. The molecule has 1 aliphatic rings. The van der Waals surface area contributed by atoms with Crippen molar-refractivity contribution >= 4 is 23.2 Å². The Kier molecular flexibility index (Phi) is 3.93. The number of thiophene rings is 1. The molecule has 2 aromatic rings. The summed E-state index contributed by atoms with van der Waals surface area (Å²) in [5, 5.41) is 3.46. The Bertz CT molecular complexity index is 695. The highest BCUT2D eigenvalue weighted by atomic mass is 32.1. The number of nitrogens with zero attached hydrogens (tertiary/aromatic N) is 1. The Morgan fingerprint density at radius 3 is 2.57 bits per heavy atom. The number of aliphatic imine (C=N–C) groups is 1. The summed E-state index contributed by atoms with van der Waals surface area (Å²) in [5.74, 6) is 0. The fourth-order valence-corrected chi connectivity index (χ4v) is 3.89. The smallest absolute Gasteiger partial charge is 0.0889 e. The van der Waals surface area contributed by atoms with Gasteiger partial charge in [0.05, 0.1) is 12.4 Å². The maximum Gasteiger partial charge on any atom is 0.0889 e. The van der Waals surface area contributed by atoms with Gasteiger partial charge in [-0.25, -0.2) is 4.99 Å². The van der Waals surface area contributed by atoms with Gasteiger partial charge in [-0.15, -0.1) is 11.3 Å². The van der Waals surface area contributed by atoms with Crippen LogP contribution in [0.1, 0.15) is 40.3 Å². The minimum absolute atomic E-state index is 0.199. The number of benzene rings is 1. The predicted octanol–water partition coefficient (Wildman–Crippen LogP) is 4.86. The summed E-state index contributed by atoms with van der Waals surface area (Å²) in [7, 11) is 0. The van der Waals surface area contributed by atoms with Gasteiger partial charge in [-0.3, -0.25) is 0 Å². The lowest BCUT2D eigenvalue weighted by Crippen LogP contribution is -2.25. The second-order valence-electron chi connectivity index (χ2n) is 5.31. The van der Waals surface area contributed by atoms with Gasteiger partial charge < -0.3 is 5.32 Å². The molecule has 0 radical (unpaired) electrons. The minimum atomic E-state index is 0.199. The highest BCUT2D eigenvalue weighted by Gasteiger charge is 2.25. The monoisotopic (exact) mass is 296 g/mol. The first kappa shape index (κ1) is 14.1. The molecule has 0 saturated heterocycles. The van der Waals surface area contributed by atoms with Crippen LogP contribution >= 0.6 is 11.3 Å². The van der Waals surface area contributed by atoms with E-state index >= 15 is 0 Å². The van der Waals surface area contributed by atoms with Crippen LogP contribution in [0.15, 0.2) is 47.1 Å². The van der Waals surface area contributed by atoms with Gasteiger partial charge in [-0.1, -0.05) is 37.3 Å². The molecule has 108 valence electrons. The SMILES string of the molecule is CCC1=C(c2ccccc2)C(c2cc(C)sc2C)NC=N1. The quantitative estimate of drug-likeness (QED) is 0.859. The molecule has 21 heavy (non-hydrogen) atoms.